The SMILES string of the molecule is O=C(O)c1c(CC=CO)cc2ccccc2c1C(=O)O. The second-order valence-electron chi connectivity index (χ2n) is 4.21. The number of allylic oxidation sites excluding steroid dienone is 1. The van der Waals surface area contributed by atoms with Crippen molar-refractivity contribution >= 4 is 22.7 Å². The highest BCUT2D eigenvalue weighted by atomic mass is 16.4. The van der Waals surface area contributed by atoms with Gasteiger partial charge < -0.3 is 15.3 Å². The van der Waals surface area contributed by atoms with Gasteiger partial charge in [0.15, 0.2) is 0 Å². The normalized spacial score (nSPS) is 11.0. The van der Waals surface area contributed by atoms with Crippen LogP contribution >= 0.6 is 0 Å². The fourth-order valence-electron chi connectivity index (χ4n) is 2.21. The molecule has 2 rings (SSSR count). The maximum Gasteiger partial charge on any atom is 0.337 e. The quantitative estimate of drug-likeness (QED) is 0.744. The van der Waals surface area contributed by atoms with Gasteiger partial charge in [-0.3, -0.25) is 0 Å². The van der Waals surface area contributed by atoms with Gasteiger partial charge in [0.25, 0.3) is 0 Å². The van der Waals surface area contributed by atoms with E-state index in [1.54, 1.807) is 30.3 Å². The molecule has 20 heavy (non-hydrogen) atoms. The van der Waals surface area contributed by atoms with Crippen LogP contribution in [0.3, 0.4) is 0 Å². The molecule has 5 nitrogen and oxygen atoms in total. The molecular weight excluding hydrogens is 260 g/mol. The Morgan fingerprint density at radius 3 is 2.30 bits per heavy atom. The molecule has 0 saturated carbocycles. The fraction of sp³-hybridized carbons (Fsp3) is 0.0667. The largest absolute Gasteiger partial charge is 0.516 e. The van der Waals surface area contributed by atoms with E-state index in [-0.39, 0.29) is 17.5 Å². The molecular formula is C15H12O5. The zero-order chi connectivity index (χ0) is 14.7. The molecule has 0 aliphatic rings. The molecule has 0 fully saturated rings. The molecule has 0 bridgehead atoms. The summed E-state index contributed by atoms with van der Waals surface area (Å²) in [6.07, 6.45) is 2.31. The molecule has 0 aromatic heterocycles. The molecule has 5 heteroatoms. The number of hydrogen-bond donors (Lipinski definition) is 3. The van der Waals surface area contributed by atoms with Crippen LogP contribution in [0.25, 0.3) is 10.8 Å². The van der Waals surface area contributed by atoms with Gasteiger partial charge in [0, 0.05) is 0 Å². The van der Waals surface area contributed by atoms with Crippen molar-refractivity contribution in [2.75, 3.05) is 0 Å². The maximum atomic E-state index is 11.4. The van der Waals surface area contributed by atoms with E-state index in [2.05, 4.69) is 0 Å². The minimum Gasteiger partial charge on any atom is -0.516 e. The smallest absolute Gasteiger partial charge is 0.337 e. The minimum absolute atomic E-state index is 0.142. The standard InChI is InChI=1S/C15H12O5/c16-7-3-5-10-8-9-4-1-2-6-11(9)13(15(19)20)12(10)14(17)18/h1-4,6-8,16H,5H2,(H,17,18)(H,19,20). The Hall–Kier alpha value is -2.82. The second-order valence-corrected chi connectivity index (χ2v) is 4.21. The third-order valence-corrected chi connectivity index (χ3v) is 3.00. The number of rotatable bonds is 4. The summed E-state index contributed by atoms with van der Waals surface area (Å²) in [5.74, 6) is -2.58. The third-order valence-electron chi connectivity index (χ3n) is 3.00. The van der Waals surface area contributed by atoms with E-state index in [0.29, 0.717) is 16.3 Å². The topological polar surface area (TPSA) is 94.8 Å². The number of hydrogen-bond acceptors (Lipinski definition) is 3. The Morgan fingerprint density at radius 1 is 1.05 bits per heavy atom. The van der Waals surface area contributed by atoms with Crippen LogP contribution in [0.15, 0.2) is 42.7 Å². The van der Waals surface area contributed by atoms with Gasteiger partial charge in [-0.25, -0.2) is 9.59 Å². The predicted molar refractivity (Wildman–Crippen MR) is 73.3 cm³/mol. The fourth-order valence-corrected chi connectivity index (χ4v) is 2.21. The first-order valence-electron chi connectivity index (χ1n) is 5.86. The highest BCUT2D eigenvalue weighted by molar-refractivity contribution is 6.12. The molecule has 0 radical (unpaired) electrons. The van der Waals surface area contributed by atoms with Crippen LogP contribution in [-0.2, 0) is 6.42 Å². The lowest BCUT2D eigenvalue weighted by Gasteiger charge is -2.11. The van der Waals surface area contributed by atoms with Gasteiger partial charge in [0.05, 0.1) is 17.4 Å². The molecule has 3 N–H and O–H groups in total. The second kappa shape index (κ2) is 5.44. The number of aromatic carboxylic acids is 2. The molecule has 0 atom stereocenters. The van der Waals surface area contributed by atoms with Gasteiger partial charge in [-0.2, -0.15) is 0 Å². The van der Waals surface area contributed by atoms with E-state index in [1.165, 1.54) is 6.08 Å². The number of carboxylic acid groups (broad SMARTS) is 2. The van der Waals surface area contributed by atoms with Gasteiger partial charge in [0.1, 0.15) is 0 Å². The van der Waals surface area contributed by atoms with Crippen molar-refractivity contribution in [3.05, 3.63) is 59.4 Å². The zero-order valence-electron chi connectivity index (χ0n) is 10.4. The Bertz CT molecular complexity index is 716. The lowest BCUT2D eigenvalue weighted by molar-refractivity contribution is 0.0652. The number of aliphatic hydroxyl groups is 1. The molecule has 0 heterocycles. The van der Waals surface area contributed by atoms with E-state index in [1.807, 2.05) is 0 Å². The summed E-state index contributed by atoms with van der Waals surface area (Å²) in [7, 11) is 0. The molecule has 2 aromatic rings. The summed E-state index contributed by atoms with van der Waals surface area (Å²) >= 11 is 0. The van der Waals surface area contributed by atoms with Crippen molar-refractivity contribution in [1.29, 1.82) is 0 Å². The van der Waals surface area contributed by atoms with Crippen molar-refractivity contribution in [2.24, 2.45) is 0 Å². The lowest BCUT2D eigenvalue weighted by atomic mass is 9.92. The average Bonchev–Trinajstić information content (AvgIpc) is 2.42. The summed E-state index contributed by atoms with van der Waals surface area (Å²) in [6.45, 7) is 0. The number of benzene rings is 2. The van der Waals surface area contributed by atoms with E-state index in [4.69, 9.17) is 5.11 Å². The summed E-state index contributed by atoms with van der Waals surface area (Å²) in [4.78, 5) is 22.8. The molecule has 0 aliphatic carbocycles. The number of carbonyl (C=O) groups is 2. The van der Waals surface area contributed by atoms with Crippen LogP contribution in [0.4, 0.5) is 0 Å². The van der Waals surface area contributed by atoms with Crippen LogP contribution < -0.4 is 0 Å². The number of aliphatic hydroxyl groups excluding tert-OH is 1. The van der Waals surface area contributed by atoms with Crippen LogP contribution in [0.5, 0.6) is 0 Å². The zero-order valence-corrected chi connectivity index (χ0v) is 10.4. The first-order valence-corrected chi connectivity index (χ1v) is 5.86. The maximum absolute atomic E-state index is 11.4. The van der Waals surface area contributed by atoms with Crippen LogP contribution in [0, 0.1) is 0 Å². The van der Waals surface area contributed by atoms with Crippen molar-refractivity contribution in [3.63, 3.8) is 0 Å². The van der Waals surface area contributed by atoms with E-state index in [9.17, 15) is 19.8 Å². The molecule has 0 aliphatic heterocycles. The summed E-state index contributed by atoms with van der Waals surface area (Å²) < 4.78 is 0. The van der Waals surface area contributed by atoms with E-state index < -0.39 is 11.9 Å². The van der Waals surface area contributed by atoms with Crippen molar-refractivity contribution in [3.8, 4) is 0 Å². The Kier molecular flexibility index (Phi) is 3.70. The molecule has 0 amide bonds. The van der Waals surface area contributed by atoms with Crippen LogP contribution in [0.2, 0.25) is 0 Å². The Labute approximate surface area is 114 Å². The van der Waals surface area contributed by atoms with Gasteiger partial charge in [-0.05, 0) is 34.9 Å². The average molecular weight is 272 g/mol. The van der Waals surface area contributed by atoms with Gasteiger partial charge >= 0.3 is 11.9 Å². The first-order chi connectivity index (χ1) is 9.56. The molecule has 0 unspecified atom stereocenters. The highest BCUT2D eigenvalue weighted by Crippen LogP contribution is 2.27. The van der Waals surface area contributed by atoms with Gasteiger partial charge in [-0.1, -0.05) is 24.3 Å². The summed E-state index contributed by atoms with van der Waals surface area (Å²) in [5.41, 5.74) is -0.120. The molecule has 0 spiro atoms. The number of fused-ring (bicyclic) bond motifs is 1. The monoisotopic (exact) mass is 272 g/mol. The van der Waals surface area contributed by atoms with Crippen molar-refractivity contribution in [2.45, 2.75) is 6.42 Å². The Balaban J connectivity index is 2.87. The first kappa shape index (κ1) is 13.6. The highest BCUT2D eigenvalue weighted by Gasteiger charge is 2.22. The predicted octanol–water partition coefficient (Wildman–Crippen LogP) is 2.85. The van der Waals surface area contributed by atoms with Crippen molar-refractivity contribution in [1.82, 2.24) is 0 Å². The van der Waals surface area contributed by atoms with Gasteiger partial charge in [0.2, 0.25) is 0 Å². The number of carboxylic acids is 2. The van der Waals surface area contributed by atoms with E-state index in [0.717, 1.165) is 6.26 Å². The van der Waals surface area contributed by atoms with Gasteiger partial charge in [-0.15, -0.1) is 0 Å². The molecule has 102 valence electrons. The van der Waals surface area contributed by atoms with Crippen LogP contribution in [0.1, 0.15) is 26.3 Å². The van der Waals surface area contributed by atoms with E-state index >= 15 is 0 Å². The molecule has 2 aromatic carbocycles. The Morgan fingerprint density at radius 2 is 1.70 bits per heavy atom. The van der Waals surface area contributed by atoms with Crippen LogP contribution in [-0.4, -0.2) is 27.3 Å². The minimum atomic E-state index is -1.30. The lowest BCUT2D eigenvalue weighted by Crippen LogP contribution is -2.12. The summed E-state index contributed by atoms with van der Waals surface area (Å²) in [6, 6.07) is 8.34. The van der Waals surface area contributed by atoms with Crippen molar-refractivity contribution < 1.29 is 24.9 Å². The summed E-state index contributed by atoms with van der Waals surface area (Å²) in [5, 5.41) is 28.4. The third kappa shape index (κ3) is 2.33. The molecule has 0 saturated heterocycles.